The molecule has 22 heavy (non-hydrogen) atoms. The molecule has 0 aliphatic carbocycles. The van der Waals surface area contributed by atoms with E-state index in [9.17, 15) is 10.2 Å². The Hall–Kier alpha value is -3.02. The number of phenolic OH excluding ortho intramolecular Hbond substituents is 2. The SMILES string of the molecule is COc1cc(O)c(/C=N\N=C/c2ccccc2O)c(OC)c1. The number of phenols is 2. The van der Waals surface area contributed by atoms with Gasteiger partial charge in [0, 0.05) is 17.7 Å². The molecule has 0 amide bonds. The number of rotatable bonds is 5. The van der Waals surface area contributed by atoms with Crippen LogP contribution in [0.25, 0.3) is 0 Å². The Morgan fingerprint density at radius 1 is 0.909 bits per heavy atom. The van der Waals surface area contributed by atoms with Crippen molar-refractivity contribution >= 4 is 12.4 Å². The average Bonchev–Trinajstić information content (AvgIpc) is 2.53. The molecule has 0 aliphatic rings. The highest BCUT2D eigenvalue weighted by atomic mass is 16.5. The molecule has 2 aromatic carbocycles. The van der Waals surface area contributed by atoms with Gasteiger partial charge in [0.1, 0.15) is 23.0 Å². The molecule has 0 unspecified atom stereocenters. The van der Waals surface area contributed by atoms with Gasteiger partial charge >= 0.3 is 0 Å². The molecule has 114 valence electrons. The third-order valence-corrected chi connectivity index (χ3v) is 2.94. The second-order valence-corrected chi connectivity index (χ2v) is 4.31. The van der Waals surface area contributed by atoms with Crippen LogP contribution < -0.4 is 9.47 Å². The highest BCUT2D eigenvalue weighted by molar-refractivity contribution is 5.89. The van der Waals surface area contributed by atoms with Gasteiger partial charge in [-0.05, 0) is 12.1 Å². The summed E-state index contributed by atoms with van der Waals surface area (Å²) in [6.45, 7) is 0. The number of hydrogen-bond donors (Lipinski definition) is 2. The van der Waals surface area contributed by atoms with Gasteiger partial charge in [-0.15, -0.1) is 0 Å². The first-order valence-electron chi connectivity index (χ1n) is 6.45. The van der Waals surface area contributed by atoms with E-state index in [1.807, 2.05) is 0 Å². The molecule has 2 rings (SSSR count). The molecule has 0 heterocycles. The molecule has 2 aromatic rings. The lowest BCUT2D eigenvalue weighted by molar-refractivity contribution is 0.384. The fourth-order valence-electron chi connectivity index (χ4n) is 1.79. The zero-order valence-corrected chi connectivity index (χ0v) is 12.2. The average molecular weight is 300 g/mol. The van der Waals surface area contributed by atoms with Crippen LogP contribution in [-0.2, 0) is 0 Å². The summed E-state index contributed by atoms with van der Waals surface area (Å²) < 4.78 is 10.2. The summed E-state index contributed by atoms with van der Waals surface area (Å²) in [7, 11) is 2.98. The van der Waals surface area contributed by atoms with Gasteiger partial charge < -0.3 is 19.7 Å². The van der Waals surface area contributed by atoms with E-state index in [0.717, 1.165) is 0 Å². The van der Waals surface area contributed by atoms with Gasteiger partial charge in [-0.3, -0.25) is 0 Å². The van der Waals surface area contributed by atoms with Crippen LogP contribution in [0.4, 0.5) is 0 Å². The van der Waals surface area contributed by atoms with Crippen LogP contribution in [-0.4, -0.2) is 36.9 Å². The third-order valence-electron chi connectivity index (χ3n) is 2.94. The van der Waals surface area contributed by atoms with Gasteiger partial charge in [0.05, 0.1) is 32.2 Å². The predicted octanol–water partition coefficient (Wildman–Crippen LogP) is 2.57. The van der Waals surface area contributed by atoms with Crippen molar-refractivity contribution in [3.63, 3.8) is 0 Å². The summed E-state index contributed by atoms with van der Waals surface area (Å²) in [6, 6.07) is 9.85. The lowest BCUT2D eigenvalue weighted by Crippen LogP contribution is -1.93. The van der Waals surface area contributed by atoms with E-state index in [4.69, 9.17) is 9.47 Å². The van der Waals surface area contributed by atoms with Crippen molar-refractivity contribution in [1.29, 1.82) is 0 Å². The quantitative estimate of drug-likeness (QED) is 0.656. The maximum absolute atomic E-state index is 9.95. The first-order chi connectivity index (χ1) is 10.7. The Kier molecular flexibility index (Phi) is 4.98. The second-order valence-electron chi connectivity index (χ2n) is 4.31. The molecule has 0 aliphatic heterocycles. The minimum atomic E-state index is -0.0299. The highest BCUT2D eigenvalue weighted by Gasteiger charge is 2.09. The van der Waals surface area contributed by atoms with Crippen LogP contribution in [0.15, 0.2) is 46.6 Å². The van der Waals surface area contributed by atoms with Crippen molar-refractivity contribution in [2.24, 2.45) is 10.2 Å². The van der Waals surface area contributed by atoms with Crippen LogP contribution in [0, 0.1) is 0 Å². The first kappa shape index (κ1) is 15.4. The van der Waals surface area contributed by atoms with E-state index >= 15 is 0 Å². The van der Waals surface area contributed by atoms with Gasteiger partial charge in [0.25, 0.3) is 0 Å². The standard InChI is InChI=1S/C16H16N2O4/c1-21-12-7-15(20)13(16(8-12)22-2)10-18-17-9-11-5-3-4-6-14(11)19/h3-10,19-20H,1-2H3/b17-9-,18-10-. The molecule has 0 spiro atoms. The van der Waals surface area contributed by atoms with Gasteiger partial charge in [-0.2, -0.15) is 10.2 Å². The predicted molar refractivity (Wildman–Crippen MR) is 84.5 cm³/mol. The Bertz CT molecular complexity index is 711. The van der Waals surface area contributed by atoms with Gasteiger partial charge in [0.2, 0.25) is 0 Å². The molecule has 0 radical (unpaired) electrons. The molecule has 0 bridgehead atoms. The molecule has 2 N–H and O–H groups in total. The maximum Gasteiger partial charge on any atom is 0.135 e. The lowest BCUT2D eigenvalue weighted by atomic mass is 10.2. The van der Waals surface area contributed by atoms with Crippen molar-refractivity contribution in [3.8, 4) is 23.0 Å². The van der Waals surface area contributed by atoms with E-state index in [-0.39, 0.29) is 11.5 Å². The fraction of sp³-hybridized carbons (Fsp3) is 0.125. The molecule has 0 saturated heterocycles. The third kappa shape index (κ3) is 3.54. The minimum Gasteiger partial charge on any atom is -0.507 e. The molecule has 0 atom stereocenters. The second kappa shape index (κ2) is 7.12. The Morgan fingerprint density at radius 2 is 1.64 bits per heavy atom. The maximum atomic E-state index is 9.95. The van der Waals surface area contributed by atoms with Crippen molar-refractivity contribution in [2.75, 3.05) is 14.2 Å². The summed E-state index contributed by atoms with van der Waals surface area (Å²) in [5.41, 5.74) is 0.934. The summed E-state index contributed by atoms with van der Waals surface area (Å²) in [6.07, 6.45) is 2.78. The molecule has 6 heteroatoms. The Balaban J connectivity index is 2.22. The van der Waals surface area contributed by atoms with E-state index in [1.54, 1.807) is 30.3 Å². The van der Waals surface area contributed by atoms with E-state index in [1.165, 1.54) is 32.7 Å². The normalized spacial score (nSPS) is 11.2. The number of para-hydroxylation sites is 1. The van der Waals surface area contributed by atoms with Crippen molar-refractivity contribution in [3.05, 3.63) is 47.5 Å². The van der Waals surface area contributed by atoms with Crippen molar-refractivity contribution < 1.29 is 19.7 Å². The van der Waals surface area contributed by atoms with Crippen molar-refractivity contribution in [2.45, 2.75) is 0 Å². The van der Waals surface area contributed by atoms with E-state index in [0.29, 0.717) is 22.6 Å². The number of methoxy groups -OCH3 is 2. The zero-order valence-electron chi connectivity index (χ0n) is 12.2. The monoisotopic (exact) mass is 300 g/mol. The van der Waals surface area contributed by atoms with E-state index in [2.05, 4.69) is 10.2 Å². The van der Waals surface area contributed by atoms with Gasteiger partial charge in [0.15, 0.2) is 0 Å². The molecular weight excluding hydrogens is 284 g/mol. The number of aromatic hydroxyl groups is 2. The summed E-state index contributed by atoms with van der Waals surface area (Å²) in [5, 5.41) is 27.2. The largest absolute Gasteiger partial charge is 0.507 e. The van der Waals surface area contributed by atoms with Crippen LogP contribution in [0.5, 0.6) is 23.0 Å². The summed E-state index contributed by atoms with van der Waals surface area (Å²) in [4.78, 5) is 0. The van der Waals surface area contributed by atoms with Crippen LogP contribution in [0.3, 0.4) is 0 Å². The first-order valence-corrected chi connectivity index (χ1v) is 6.45. The highest BCUT2D eigenvalue weighted by Crippen LogP contribution is 2.31. The summed E-state index contributed by atoms with van der Waals surface area (Å²) >= 11 is 0. The molecule has 0 saturated carbocycles. The van der Waals surface area contributed by atoms with E-state index < -0.39 is 0 Å². The Morgan fingerprint density at radius 3 is 2.32 bits per heavy atom. The van der Waals surface area contributed by atoms with Crippen molar-refractivity contribution in [1.82, 2.24) is 0 Å². The fourth-order valence-corrected chi connectivity index (χ4v) is 1.79. The number of nitrogens with zero attached hydrogens (tertiary/aromatic N) is 2. The molecule has 0 aromatic heterocycles. The minimum absolute atomic E-state index is 0.0299. The topological polar surface area (TPSA) is 83.6 Å². The number of benzene rings is 2. The molecular formula is C16H16N2O4. The van der Waals surface area contributed by atoms with Gasteiger partial charge in [-0.25, -0.2) is 0 Å². The lowest BCUT2D eigenvalue weighted by Gasteiger charge is -2.08. The summed E-state index contributed by atoms with van der Waals surface area (Å²) in [5.74, 6) is 0.978. The number of ether oxygens (including phenoxy) is 2. The zero-order chi connectivity index (χ0) is 15.9. The smallest absolute Gasteiger partial charge is 0.135 e. The molecule has 6 nitrogen and oxygen atoms in total. The van der Waals surface area contributed by atoms with Crippen LogP contribution in [0.2, 0.25) is 0 Å². The van der Waals surface area contributed by atoms with Gasteiger partial charge in [-0.1, -0.05) is 12.1 Å². The Labute approximate surface area is 128 Å². The number of hydrogen-bond acceptors (Lipinski definition) is 6. The van der Waals surface area contributed by atoms with Crippen LogP contribution in [0.1, 0.15) is 11.1 Å². The van der Waals surface area contributed by atoms with Crippen LogP contribution >= 0.6 is 0 Å². The molecule has 0 fully saturated rings.